The van der Waals surface area contributed by atoms with Gasteiger partial charge in [-0.05, 0) is 60.6 Å². The van der Waals surface area contributed by atoms with Crippen molar-refractivity contribution in [1.82, 2.24) is 19.7 Å². The van der Waals surface area contributed by atoms with Crippen molar-refractivity contribution in [3.63, 3.8) is 0 Å². The Morgan fingerprint density at radius 2 is 1.90 bits per heavy atom. The van der Waals surface area contributed by atoms with E-state index in [2.05, 4.69) is 41.9 Å². The zero-order valence-electron chi connectivity index (χ0n) is 22.4. The van der Waals surface area contributed by atoms with Gasteiger partial charge in [0.1, 0.15) is 0 Å². The largest absolute Gasteiger partial charge is 0.370 e. The highest BCUT2D eigenvalue weighted by atomic mass is 32.2. The molecule has 7 N–H and O–H groups in total. The molecule has 1 aromatic carbocycles. The quantitative estimate of drug-likeness (QED) is 0.0993. The standard InChI is InChI=1S/C25H34N8O4S4/c1-28-24(29-7-8-38-13-17-14-39-25(31-17)32-23(26)27)33-41(36,37)19-4-2-3-18(10-19)40(34,35)30-12-16-9-15-5-6-20(16)22-11-21(15)22/h2-6,10,14-16,20-22,30H,7-9,11-13H2,1H3,(H2,28,29,33)(H4,26,27,31,32). The molecule has 16 heteroatoms. The van der Waals surface area contributed by atoms with Crippen LogP contribution in [0.25, 0.3) is 0 Å². The molecule has 2 bridgehead atoms. The van der Waals surface area contributed by atoms with Crippen LogP contribution in [0.5, 0.6) is 0 Å². The number of nitrogens with one attached hydrogen (secondary N) is 3. The van der Waals surface area contributed by atoms with Crippen LogP contribution in [0.1, 0.15) is 18.5 Å². The number of fused-ring (bicyclic) bond motifs is 1. The van der Waals surface area contributed by atoms with Crippen molar-refractivity contribution in [2.24, 2.45) is 51.0 Å². The Kier molecular flexibility index (Phi) is 8.94. The van der Waals surface area contributed by atoms with E-state index in [0.717, 1.165) is 18.0 Å². The number of hydrogen-bond acceptors (Lipinski definition) is 9. The SMILES string of the molecule is CN=C(NCCSCc1csc(N=C(N)N)n1)NS(=O)(=O)c1cccc(S(=O)(=O)NCC2CC3C=CC2C2CC32)c1. The number of nitrogens with two attached hydrogens (primary N) is 2. The topological polar surface area (TPSA) is 194 Å². The molecule has 12 nitrogen and oxygen atoms in total. The molecule has 2 saturated carbocycles. The summed E-state index contributed by atoms with van der Waals surface area (Å²) >= 11 is 2.93. The van der Waals surface area contributed by atoms with Gasteiger partial charge >= 0.3 is 0 Å². The lowest BCUT2D eigenvalue weighted by Gasteiger charge is -2.37. The molecule has 2 aromatic rings. The van der Waals surface area contributed by atoms with Gasteiger partial charge in [-0.25, -0.2) is 31.3 Å². The lowest BCUT2D eigenvalue weighted by atomic mass is 9.69. The summed E-state index contributed by atoms with van der Waals surface area (Å²) in [7, 11) is -6.51. The smallest absolute Gasteiger partial charge is 0.264 e. The predicted octanol–water partition coefficient (Wildman–Crippen LogP) is 1.57. The zero-order chi connectivity index (χ0) is 29.2. The summed E-state index contributed by atoms with van der Waals surface area (Å²) in [5.41, 5.74) is 11.6. The molecule has 4 aliphatic carbocycles. The molecule has 4 aliphatic rings. The molecule has 0 saturated heterocycles. The molecule has 0 amide bonds. The van der Waals surface area contributed by atoms with Gasteiger partial charge in [0.25, 0.3) is 10.0 Å². The molecule has 2 fully saturated rings. The minimum atomic E-state index is -4.08. The number of allylic oxidation sites excluding steroid dienone is 2. The first-order valence-corrected chi connectivity index (χ1v) is 18.2. The molecule has 41 heavy (non-hydrogen) atoms. The highest BCUT2D eigenvalue weighted by molar-refractivity contribution is 7.98. The van der Waals surface area contributed by atoms with E-state index in [0.29, 0.717) is 47.5 Å². The second kappa shape index (κ2) is 12.3. The number of thioether (sulfide) groups is 1. The fraction of sp³-hybridized carbons (Fsp3) is 0.480. The van der Waals surface area contributed by atoms with Gasteiger partial charge in [-0.1, -0.05) is 18.2 Å². The van der Waals surface area contributed by atoms with Gasteiger partial charge in [0.2, 0.25) is 21.1 Å². The summed E-state index contributed by atoms with van der Waals surface area (Å²) in [6, 6.07) is 5.35. The highest BCUT2D eigenvalue weighted by Crippen LogP contribution is 2.61. The predicted molar refractivity (Wildman–Crippen MR) is 163 cm³/mol. The van der Waals surface area contributed by atoms with Gasteiger partial charge in [-0.3, -0.25) is 4.99 Å². The number of hydrogen-bond donors (Lipinski definition) is 5. The third kappa shape index (κ3) is 7.23. The summed E-state index contributed by atoms with van der Waals surface area (Å²) in [6.07, 6.45) is 6.79. The Hall–Kier alpha value is -2.66. The van der Waals surface area contributed by atoms with E-state index in [-0.39, 0.29) is 27.6 Å². The van der Waals surface area contributed by atoms with Crippen molar-refractivity contribution < 1.29 is 16.8 Å². The number of sulfonamides is 2. The van der Waals surface area contributed by atoms with Gasteiger partial charge in [-0.2, -0.15) is 16.8 Å². The van der Waals surface area contributed by atoms with Crippen LogP contribution in [0.2, 0.25) is 0 Å². The number of benzene rings is 1. The summed E-state index contributed by atoms with van der Waals surface area (Å²) in [5.74, 6) is 4.03. The van der Waals surface area contributed by atoms with Gasteiger partial charge in [0, 0.05) is 37.0 Å². The first kappa shape index (κ1) is 29.8. The zero-order valence-corrected chi connectivity index (χ0v) is 25.7. The van der Waals surface area contributed by atoms with Crippen LogP contribution in [0.4, 0.5) is 5.13 Å². The van der Waals surface area contributed by atoms with E-state index in [9.17, 15) is 16.8 Å². The second-order valence-corrected chi connectivity index (χ2v) is 15.7. The van der Waals surface area contributed by atoms with Crippen molar-refractivity contribution in [3.05, 3.63) is 47.5 Å². The van der Waals surface area contributed by atoms with Gasteiger partial charge in [0.15, 0.2) is 5.96 Å². The average Bonchev–Trinajstić information content (AvgIpc) is 3.67. The molecular weight excluding hydrogens is 605 g/mol. The molecule has 222 valence electrons. The normalized spacial score (nSPS) is 25.0. The summed E-state index contributed by atoms with van der Waals surface area (Å²) in [4.78, 5) is 12.0. The number of aromatic nitrogens is 1. The van der Waals surface area contributed by atoms with Crippen LogP contribution in [0.3, 0.4) is 0 Å². The molecule has 1 heterocycles. The minimum absolute atomic E-state index is 0.0447. The molecule has 0 aliphatic heterocycles. The van der Waals surface area contributed by atoms with Crippen LogP contribution >= 0.6 is 23.1 Å². The van der Waals surface area contributed by atoms with Gasteiger partial charge < -0.3 is 16.8 Å². The van der Waals surface area contributed by atoms with E-state index in [4.69, 9.17) is 11.5 Å². The van der Waals surface area contributed by atoms with Crippen molar-refractivity contribution in [2.45, 2.75) is 28.4 Å². The summed E-state index contributed by atoms with van der Waals surface area (Å²) in [5, 5.41) is 5.33. The Morgan fingerprint density at radius 3 is 2.63 bits per heavy atom. The van der Waals surface area contributed by atoms with Crippen LogP contribution < -0.4 is 26.2 Å². The third-order valence-corrected chi connectivity index (χ3v) is 12.1. The lowest BCUT2D eigenvalue weighted by molar-refractivity contribution is 0.208. The number of nitrogens with zero attached hydrogens (tertiary/aromatic N) is 3. The van der Waals surface area contributed by atoms with Crippen molar-refractivity contribution in [3.8, 4) is 0 Å². The van der Waals surface area contributed by atoms with E-state index in [1.807, 2.05) is 5.38 Å². The van der Waals surface area contributed by atoms with Crippen molar-refractivity contribution in [1.29, 1.82) is 0 Å². The average molecular weight is 639 g/mol. The van der Waals surface area contributed by atoms with E-state index < -0.39 is 20.0 Å². The Labute approximate surface area is 248 Å². The molecule has 0 spiro atoms. The van der Waals surface area contributed by atoms with E-state index >= 15 is 0 Å². The van der Waals surface area contributed by atoms with Crippen LogP contribution in [-0.2, 0) is 25.8 Å². The minimum Gasteiger partial charge on any atom is -0.370 e. The lowest BCUT2D eigenvalue weighted by Crippen LogP contribution is -2.41. The van der Waals surface area contributed by atoms with Crippen LogP contribution in [0, 0.1) is 29.6 Å². The fourth-order valence-corrected chi connectivity index (χ4v) is 9.46. The summed E-state index contributed by atoms with van der Waals surface area (Å²) in [6.45, 7) is 0.781. The molecule has 5 atom stereocenters. The van der Waals surface area contributed by atoms with E-state index in [1.54, 1.807) is 11.8 Å². The van der Waals surface area contributed by atoms with E-state index in [1.165, 1.54) is 49.1 Å². The van der Waals surface area contributed by atoms with Gasteiger partial charge in [-0.15, -0.1) is 11.3 Å². The summed E-state index contributed by atoms with van der Waals surface area (Å²) < 4.78 is 57.4. The Bertz CT molecular complexity index is 1570. The number of rotatable bonds is 12. The number of aliphatic imine (C=N–C) groups is 2. The molecule has 6 rings (SSSR count). The van der Waals surface area contributed by atoms with Crippen molar-refractivity contribution in [2.75, 3.05) is 25.9 Å². The van der Waals surface area contributed by atoms with Crippen LogP contribution in [0.15, 0.2) is 61.6 Å². The first-order chi connectivity index (χ1) is 19.6. The van der Waals surface area contributed by atoms with Gasteiger partial charge in [0.05, 0.1) is 15.5 Å². The second-order valence-electron chi connectivity index (χ2n) is 10.3. The molecule has 5 unspecified atom stereocenters. The highest BCUT2D eigenvalue weighted by Gasteiger charge is 2.54. The third-order valence-electron chi connectivity index (χ3n) is 7.60. The maximum Gasteiger partial charge on any atom is 0.264 e. The maximum absolute atomic E-state index is 13.1. The molecular formula is C25H34N8O4S4. The Balaban J connectivity index is 1.11. The first-order valence-electron chi connectivity index (χ1n) is 13.2. The Morgan fingerprint density at radius 1 is 1.12 bits per heavy atom. The molecule has 1 aromatic heterocycles. The maximum atomic E-state index is 13.1. The monoisotopic (exact) mass is 638 g/mol. The molecule has 0 radical (unpaired) electrons. The van der Waals surface area contributed by atoms with Crippen molar-refractivity contribution >= 4 is 60.2 Å². The number of guanidine groups is 2. The number of thiazole rings is 1. The fourth-order valence-electron chi connectivity index (χ4n) is 5.61. The van der Waals surface area contributed by atoms with Crippen LogP contribution in [-0.4, -0.2) is 59.6 Å².